The van der Waals surface area contributed by atoms with Crippen molar-refractivity contribution in [2.75, 3.05) is 7.11 Å². The van der Waals surface area contributed by atoms with Crippen molar-refractivity contribution < 1.29 is 19.2 Å². The van der Waals surface area contributed by atoms with Crippen molar-refractivity contribution in [2.45, 2.75) is 51.0 Å². The van der Waals surface area contributed by atoms with E-state index in [-0.39, 0.29) is 27.4 Å². The Kier molecular flexibility index (Phi) is 7.78. The van der Waals surface area contributed by atoms with Crippen molar-refractivity contribution in [3.8, 4) is 5.75 Å². The lowest BCUT2D eigenvalue weighted by molar-refractivity contribution is -0.386. The minimum Gasteiger partial charge on any atom is -0.471 e. The van der Waals surface area contributed by atoms with Crippen LogP contribution in [-0.4, -0.2) is 40.0 Å². The molecule has 0 aliphatic heterocycles. The lowest BCUT2D eigenvalue weighted by Gasteiger charge is -2.22. The Hall–Kier alpha value is -3.60. The minimum atomic E-state index is -1.05. The van der Waals surface area contributed by atoms with E-state index in [4.69, 9.17) is 9.72 Å². The average molecular weight is 557 g/mol. The van der Waals surface area contributed by atoms with E-state index in [1.54, 1.807) is 18.2 Å². The van der Waals surface area contributed by atoms with Crippen LogP contribution in [0.2, 0.25) is 0 Å². The number of hydrogen-bond donors (Lipinski definition) is 0. The van der Waals surface area contributed by atoms with Gasteiger partial charge in [0.1, 0.15) is 5.82 Å². The molecule has 0 radical (unpaired) electrons. The molecule has 3 aromatic rings. The fourth-order valence-electron chi connectivity index (χ4n) is 4.32. The van der Waals surface area contributed by atoms with Crippen molar-refractivity contribution in [1.29, 1.82) is 0 Å². The SMILES string of the molecule is COC(=O)[C@@H](C)Oc1c(Br)cc(C=Nn2c(C3CCCCC3)nc3ccccc3c2=O)cc1[N+](=O)[O-]. The summed E-state index contributed by atoms with van der Waals surface area (Å²) < 4.78 is 11.7. The summed E-state index contributed by atoms with van der Waals surface area (Å²) in [7, 11) is 1.20. The number of nitro benzene ring substituents is 1. The van der Waals surface area contributed by atoms with Gasteiger partial charge in [-0.2, -0.15) is 9.78 Å². The number of rotatable bonds is 7. The summed E-state index contributed by atoms with van der Waals surface area (Å²) in [5.41, 5.74) is 0.325. The van der Waals surface area contributed by atoms with E-state index >= 15 is 0 Å². The second kappa shape index (κ2) is 11.0. The average Bonchev–Trinajstić information content (AvgIpc) is 2.89. The molecule has 1 atom stereocenters. The number of para-hydroxylation sites is 1. The third-order valence-corrected chi connectivity index (χ3v) is 6.73. The lowest BCUT2D eigenvalue weighted by atomic mass is 9.88. The maximum Gasteiger partial charge on any atom is 0.346 e. The fraction of sp³-hybridized carbons (Fsp3) is 0.360. The zero-order valence-electron chi connectivity index (χ0n) is 19.8. The predicted molar refractivity (Wildman–Crippen MR) is 138 cm³/mol. The number of aromatic nitrogens is 2. The molecular weight excluding hydrogens is 532 g/mol. The van der Waals surface area contributed by atoms with Crippen molar-refractivity contribution in [2.24, 2.45) is 5.10 Å². The highest BCUT2D eigenvalue weighted by Gasteiger charge is 2.26. The zero-order valence-corrected chi connectivity index (χ0v) is 21.4. The van der Waals surface area contributed by atoms with Gasteiger partial charge in [-0.25, -0.2) is 9.78 Å². The number of nitrogens with zero attached hydrogens (tertiary/aromatic N) is 4. The quantitative estimate of drug-likeness (QED) is 0.174. The summed E-state index contributed by atoms with van der Waals surface area (Å²) in [5.74, 6) is -0.0809. The van der Waals surface area contributed by atoms with Gasteiger partial charge in [0.25, 0.3) is 5.56 Å². The van der Waals surface area contributed by atoms with E-state index in [2.05, 4.69) is 25.8 Å². The normalized spacial score (nSPS) is 15.2. The van der Waals surface area contributed by atoms with Crippen LogP contribution in [0.5, 0.6) is 5.75 Å². The first-order valence-electron chi connectivity index (χ1n) is 11.6. The summed E-state index contributed by atoms with van der Waals surface area (Å²) in [6.07, 6.45) is 5.44. The molecule has 0 amide bonds. The fourth-order valence-corrected chi connectivity index (χ4v) is 4.88. The van der Waals surface area contributed by atoms with Crippen LogP contribution in [0.1, 0.15) is 56.3 Å². The molecule has 2 aromatic carbocycles. The number of hydrogen-bond acceptors (Lipinski definition) is 8. The van der Waals surface area contributed by atoms with E-state index in [0.717, 1.165) is 32.1 Å². The second-order valence-electron chi connectivity index (χ2n) is 8.57. The number of benzene rings is 2. The highest BCUT2D eigenvalue weighted by atomic mass is 79.9. The van der Waals surface area contributed by atoms with E-state index in [1.807, 2.05) is 12.1 Å². The molecule has 1 aliphatic rings. The molecule has 11 heteroatoms. The molecule has 188 valence electrons. The number of ether oxygens (including phenoxy) is 2. The predicted octanol–water partition coefficient (Wildman–Crippen LogP) is 4.94. The highest BCUT2D eigenvalue weighted by molar-refractivity contribution is 9.10. The topological polar surface area (TPSA) is 126 Å². The van der Waals surface area contributed by atoms with E-state index in [1.165, 1.54) is 31.0 Å². The number of carbonyl (C=O) groups excluding carboxylic acids is 1. The van der Waals surface area contributed by atoms with Gasteiger partial charge < -0.3 is 9.47 Å². The first-order valence-corrected chi connectivity index (χ1v) is 12.4. The summed E-state index contributed by atoms with van der Waals surface area (Å²) in [6, 6.07) is 9.97. The van der Waals surface area contributed by atoms with Gasteiger partial charge in [0.05, 0.1) is 33.6 Å². The molecule has 0 saturated heterocycles. The van der Waals surface area contributed by atoms with Crippen LogP contribution in [0.3, 0.4) is 0 Å². The molecule has 1 heterocycles. The molecule has 36 heavy (non-hydrogen) atoms. The van der Waals surface area contributed by atoms with Gasteiger partial charge in [-0.05, 0) is 53.9 Å². The van der Waals surface area contributed by atoms with Crippen LogP contribution < -0.4 is 10.3 Å². The third kappa shape index (κ3) is 5.30. The molecule has 4 rings (SSSR count). The van der Waals surface area contributed by atoms with Crippen LogP contribution in [0.25, 0.3) is 10.9 Å². The monoisotopic (exact) mass is 556 g/mol. The maximum atomic E-state index is 13.4. The standard InChI is InChI=1S/C25H25BrN4O6/c1-15(25(32)35-2)36-22-19(26)12-16(13-21(22)30(33)34)14-27-29-23(17-8-4-3-5-9-17)28-20-11-7-6-10-18(20)24(29)31/h6-7,10-15,17H,3-5,8-9H2,1-2H3/t15-/m1/s1. The molecular formula is C25H25BrN4O6. The number of fused-ring (bicyclic) bond motifs is 1. The molecule has 1 aromatic heterocycles. The van der Waals surface area contributed by atoms with Gasteiger partial charge in [0, 0.05) is 17.5 Å². The first kappa shape index (κ1) is 25.5. The van der Waals surface area contributed by atoms with Gasteiger partial charge in [-0.15, -0.1) is 0 Å². The second-order valence-corrected chi connectivity index (χ2v) is 9.43. The molecule has 0 unspecified atom stereocenters. The van der Waals surface area contributed by atoms with Gasteiger partial charge in [-0.1, -0.05) is 31.4 Å². The number of nitro groups is 1. The molecule has 0 N–H and O–H groups in total. The van der Waals surface area contributed by atoms with Crippen molar-refractivity contribution in [3.63, 3.8) is 0 Å². The van der Waals surface area contributed by atoms with E-state index in [9.17, 15) is 19.7 Å². The molecule has 1 saturated carbocycles. The minimum absolute atomic E-state index is 0.102. The molecule has 10 nitrogen and oxygen atoms in total. The van der Waals surface area contributed by atoms with Crippen LogP contribution in [-0.2, 0) is 9.53 Å². The summed E-state index contributed by atoms with van der Waals surface area (Å²) >= 11 is 3.29. The van der Waals surface area contributed by atoms with E-state index < -0.39 is 17.0 Å². The highest BCUT2D eigenvalue weighted by Crippen LogP contribution is 2.37. The number of methoxy groups -OCH3 is 1. The summed E-state index contributed by atoms with van der Waals surface area (Å²) in [4.78, 5) is 41.0. The summed E-state index contributed by atoms with van der Waals surface area (Å²) in [6.45, 7) is 1.43. The Morgan fingerprint density at radius 2 is 2.00 bits per heavy atom. The number of esters is 1. The third-order valence-electron chi connectivity index (χ3n) is 6.14. The molecule has 0 bridgehead atoms. The maximum absolute atomic E-state index is 13.4. The van der Waals surface area contributed by atoms with Crippen LogP contribution >= 0.6 is 15.9 Å². The largest absolute Gasteiger partial charge is 0.471 e. The number of halogens is 1. The number of carbonyl (C=O) groups is 1. The van der Waals surface area contributed by atoms with Crippen LogP contribution in [0.4, 0.5) is 5.69 Å². The van der Waals surface area contributed by atoms with Gasteiger partial charge in [0.2, 0.25) is 5.75 Å². The Bertz CT molecular complexity index is 1400. The lowest BCUT2D eigenvalue weighted by Crippen LogP contribution is -2.25. The van der Waals surface area contributed by atoms with Gasteiger partial charge >= 0.3 is 11.7 Å². The van der Waals surface area contributed by atoms with E-state index in [0.29, 0.717) is 22.3 Å². The van der Waals surface area contributed by atoms with Crippen molar-refractivity contribution in [1.82, 2.24) is 9.66 Å². The Morgan fingerprint density at radius 3 is 2.69 bits per heavy atom. The molecule has 1 fully saturated rings. The van der Waals surface area contributed by atoms with Crippen LogP contribution in [0.15, 0.2) is 50.8 Å². The van der Waals surface area contributed by atoms with Gasteiger partial charge in [-0.3, -0.25) is 14.9 Å². The summed E-state index contributed by atoms with van der Waals surface area (Å²) in [5, 5.41) is 16.6. The Morgan fingerprint density at radius 1 is 1.28 bits per heavy atom. The Balaban J connectivity index is 1.77. The Labute approximate surface area is 215 Å². The van der Waals surface area contributed by atoms with Gasteiger partial charge in [0.15, 0.2) is 6.10 Å². The van der Waals surface area contributed by atoms with Crippen LogP contribution in [0, 0.1) is 10.1 Å². The van der Waals surface area contributed by atoms with Crippen molar-refractivity contribution >= 4 is 44.7 Å². The molecule has 0 spiro atoms. The zero-order chi connectivity index (χ0) is 25.8. The first-order chi connectivity index (χ1) is 17.3. The van der Waals surface area contributed by atoms with Crippen molar-refractivity contribution in [3.05, 3.63) is 72.7 Å². The smallest absolute Gasteiger partial charge is 0.346 e. The molecule has 1 aliphatic carbocycles.